The van der Waals surface area contributed by atoms with E-state index in [-0.39, 0.29) is 0 Å². The standard InChI is InChI=1S/C18H16N4O2S/c1-10-20-13-4-2-11-9-19-18(22-16(11)17(13)25-10)21-12-3-5-14-15(8-12)24-7-6-23-14/h3,5,8-9H,2,4,6-7H2,1H3,(H,19,21,22). The summed E-state index contributed by atoms with van der Waals surface area (Å²) in [6.07, 6.45) is 3.82. The Balaban J connectivity index is 1.48. The van der Waals surface area contributed by atoms with Gasteiger partial charge < -0.3 is 14.8 Å². The second kappa shape index (κ2) is 5.70. The molecule has 1 aliphatic heterocycles. The summed E-state index contributed by atoms with van der Waals surface area (Å²) in [5.74, 6) is 2.09. The number of thiazole rings is 1. The minimum Gasteiger partial charge on any atom is -0.486 e. The van der Waals surface area contributed by atoms with Crippen molar-refractivity contribution >= 4 is 23.0 Å². The van der Waals surface area contributed by atoms with Crippen molar-refractivity contribution < 1.29 is 9.47 Å². The third-order valence-electron chi connectivity index (χ3n) is 4.31. The zero-order chi connectivity index (χ0) is 16.8. The van der Waals surface area contributed by atoms with Crippen molar-refractivity contribution in [3.05, 3.63) is 40.7 Å². The van der Waals surface area contributed by atoms with Crippen molar-refractivity contribution in [2.45, 2.75) is 19.8 Å². The van der Waals surface area contributed by atoms with Gasteiger partial charge in [0.15, 0.2) is 11.5 Å². The molecule has 2 aromatic heterocycles. The first-order chi connectivity index (χ1) is 12.3. The summed E-state index contributed by atoms with van der Waals surface area (Å²) in [4.78, 5) is 15.0. The minimum absolute atomic E-state index is 0.569. The van der Waals surface area contributed by atoms with Crippen LogP contribution in [0.2, 0.25) is 0 Å². The minimum atomic E-state index is 0.569. The molecule has 1 N–H and O–H groups in total. The number of fused-ring (bicyclic) bond motifs is 4. The number of rotatable bonds is 2. The quantitative estimate of drug-likeness (QED) is 0.761. The largest absolute Gasteiger partial charge is 0.486 e. The Labute approximate surface area is 148 Å². The summed E-state index contributed by atoms with van der Waals surface area (Å²) in [6, 6.07) is 5.76. The van der Waals surface area contributed by atoms with E-state index >= 15 is 0 Å². The van der Waals surface area contributed by atoms with Gasteiger partial charge in [-0.3, -0.25) is 0 Å². The average molecular weight is 352 g/mol. The number of nitrogens with zero attached hydrogens (tertiary/aromatic N) is 3. The molecule has 0 fully saturated rings. The molecule has 0 saturated carbocycles. The van der Waals surface area contributed by atoms with Gasteiger partial charge in [0.25, 0.3) is 0 Å². The van der Waals surface area contributed by atoms with Crippen LogP contribution in [0.1, 0.15) is 16.3 Å². The number of nitrogens with one attached hydrogen (secondary N) is 1. The first-order valence-corrected chi connectivity index (χ1v) is 9.07. The van der Waals surface area contributed by atoms with E-state index in [9.17, 15) is 0 Å². The van der Waals surface area contributed by atoms with Gasteiger partial charge in [0.05, 0.1) is 21.3 Å². The Kier molecular flexibility index (Phi) is 3.34. The lowest BCUT2D eigenvalue weighted by atomic mass is 10.00. The molecular formula is C18H16N4O2S. The topological polar surface area (TPSA) is 69.2 Å². The number of ether oxygens (including phenoxy) is 2. The van der Waals surface area contributed by atoms with Crippen LogP contribution < -0.4 is 14.8 Å². The number of hydrogen-bond donors (Lipinski definition) is 1. The zero-order valence-electron chi connectivity index (χ0n) is 13.7. The molecule has 0 saturated heterocycles. The molecule has 3 aromatic rings. The molecule has 1 aliphatic carbocycles. The van der Waals surface area contributed by atoms with Crippen molar-refractivity contribution in [1.29, 1.82) is 0 Å². The van der Waals surface area contributed by atoms with Gasteiger partial charge in [-0.05, 0) is 37.5 Å². The van der Waals surface area contributed by atoms with Crippen LogP contribution in [0.3, 0.4) is 0 Å². The van der Waals surface area contributed by atoms with Crippen LogP contribution in [0, 0.1) is 6.92 Å². The van der Waals surface area contributed by atoms with Crippen LogP contribution in [0.4, 0.5) is 11.6 Å². The predicted octanol–water partition coefficient (Wildman–Crippen LogP) is 3.52. The van der Waals surface area contributed by atoms with Gasteiger partial charge in [0, 0.05) is 18.0 Å². The van der Waals surface area contributed by atoms with E-state index in [4.69, 9.17) is 14.5 Å². The number of benzene rings is 1. The zero-order valence-corrected chi connectivity index (χ0v) is 14.5. The Hall–Kier alpha value is -2.67. The molecule has 0 atom stereocenters. The molecular weight excluding hydrogens is 336 g/mol. The number of hydrogen-bond acceptors (Lipinski definition) is 7. The fraction of sp³-hybridized carbons (Fsp3) is 0.278. The van der Waals surface area contributed by atoms with Crippen LogP contribution in [-0.2, 0) is 12.8 Å². The first kappa shape index (κ1) is 14.7. The van der Waals surface area contributed by atoms with Gasteiger partial charge in [-0.25, -0.2) is 15.0 Å². The molecule has 0 spiro atoms. The molecule has 2 aliphatic rings. The fourth-order valence-corrected chi connectivity index (χ4v) is 4.16. The number of aryl methyl sites for hydroxylation is 3. The molecule has 0 bridgehead atoms. The van der Waals surface area contributed by atoms with Crippen LogP contribution in [-0.4, -0.2) is 28.2 Å². The Morgan fingerprint density at radius 2 is 1.96 bits per heavy atom. The summed E-state index contributed by atoms with van der Waals surface area (Å²) in [5, 5.41) is 4.35. The summed E-state index contributed by atoms with van der Waals surface area (Å²) < 4.78 is 11.2. The van der Waals surface area contributed by atoms with Crippen molar-refractivity contribution in [2.75, 3.05) is 18.5 Å². The monoisotopic (exact) mass is 352 g/mol. The third kappa shape index (κ3) is 2.60. The molecule has 1 aromatic carbocycles. The maximum atomic E-state index is 5.63. The summed E-state index contributed by atoms with van der Waals surface area (Å²) in [5.41, 5.74) is 4.21. The van der Waals surface area contributed by atoms with Crippen LogP contribution in [0.25, 0.3) is 10.6 Å². The lowest BCUT2D eigenvalue weighted by Gasteiger charge is -2.19. The number of anilines is 2. The lowest BCUT2D eigenvalue weighted by Crippen LogP contribution is -2.15. The molecule has 25 heavy (non-hydrogen) atoms. The normalized spacial score (nSPS) is 14.6. The van der Waals surface area contributed by atoms with E-state index in [1.54, 1.807) is 11.3 Å². The average Bonchev–Trinajstić information content (AvgIpc) is 3.02. The maximum Gasteiger partial charge on any atom is 0.227 e. The summed E-state index contributed by atoms with van der Waals surface area (Å²) >= 11 is 1.70. The van der Waals surface area contributed by atoms with Crippen molar-refractivity contribution in [2.24, 2.45) is 0 Å². The van der Waals surface area contributed by atoms with Crippen LogP contribution >= 0.6 is 11.3 Å². The van der Waals surface area contributed by atoms with Gasteiger partial charge in [-0.15, -0.1) is 11.3 Å². The maximum absolute atomic E-state index is 5.63. The molecule has 7 heteroatoms. The molecule has 0 radical (unpaired) electrons. The first-order valence-electron chi connectivity index (χ1n) is 8.25. The second-order valence-corrected chi connectivity index (χ2v) is 7.26. The highest BCUT2D eigenvalue weighted by molar-refractivity contribution is 7.15. The van der Waals surface area contributed by atoms with E-state index in [0.29, 0.717) is 19.2 Å². The number of aromatic nitrogens is 3. The van der Waals surface area contributed by atoms with Crippen molar-refractivity contribution in [3.63, 3.8) is 0 Å². The van der Waals surface area contributed by atoms with Gasteiger partial charge in [-0.2, -0.15) is 0 Å². The van der Waals surface area contributed by atoms with E-state index in [0.717, 1.165) is 46.4 Å². The summed E-state index contributed by atoms with van der Waals surface area (Å²) in [6.45, 7) is 3.20. The third-order valence-corrected chi connectivity index (χ3v) is 5.33. The summed E-state index contributed by atoms with van der Waals surface area (Å²) in [7, 11) is 0. The smallest absolute Gasteiger partial charge is 0.227 e. The Morgan fingerprint density at radius 1 is 1.08 bits per heavy atom. The molecule has 6 nitrogen and oxygen atoms in total. The van der Waals surface area contributed by atoms with Gasteiger partial charge in [-0.1, -0.05) is 0 Å². The van der Waals surface area contributed by atoms with Crippen LogP contribution in [0.5, 0.6) is 11.5 Å². The van der Waals surface area contributed by atoms with Gasteiger partial charge in [0.1, 0.15) is 13.2 Å². The van der Waals surface area contributed by atoms with E-state index in [1.807, 2.05) is 31.3 Å². The van der Waals surface area contributed by atoms with Crippen molar-refractivity contribution in [1.82, 2.24) is 15.0 Å². The van der Waals surface area contributed by atoms with Crippen LogP contribution in [0.15, 0.2) is 24.4 Å². The molecule has 5 rings (SSSR count). The molecule has 0 amide bonds. The highest BCUT2D eigenvalue weighted by atomic mass is 32.1. The predicted molar refractivity (Wildman–Crippen MR) is 96.0 cm³/mol. The van der Waals surface area contributed by atoms with E-state index in [1.165, 1.54) is 10.4 Å². The van der Waals surface area contributed by atoms with E-state index in [2.05, 4.69) is 15.3 Å². The molecule has 0 unspecified atom stereocenters. The highest BCUT2D eigenvalue weighted by Gasteiger charge is 2.22. The van der Waals surface area contributed by atoms with Gasteiger partial charge >= 0.3 is 0 Å². The lowest BCUT2D eigenvalue weighted by molar-refractivity contribution is 0.171. The highest BCUT2D eigenvalue weighted by Crippen LogP contribution is 2.37. The Morgan fingerprint density at radius 3 is 2.88 bits per heavy atom. The van der Waals surface area contributed by atoms with Crippen molar-refractivity contribution in [3.8, 4) is 22.1 Å². The Bertz CT molecular complexity index is 970. The molecule has 126 valence electrons. The SMILES string of the molecule is Cc1nc2c(s1)-c1nc(Nc3ccc4c(c3)OCCO4)ncc1CC2. The molecule has 3 heterocycles. The van der Waals surface area contributed by atoms with Gasteiger partial charge in [0.2, 0.25) is 5.95 Å². The van der Waals surface area contributed by atoms with E-state index < -0.39 is 0 Å². The second-order valence-electron chi connectivity index (χ2n) is 6.06. The fourth-order valence-electron chi connectivity index (χ4n) is 3.17.